The molecule has 0 bridgehead atoms. The molecule has 0 amide bonds. The summed E-state index contributed by atoms with van der Waals surface area (Å²) in [5.74, 6) is 1.63. The highest BCUT2D eigenvalue weighted by Crippen LogP contribution is 2.25. The van der Waals surface area contributed by atoms with Gasteiger partial charge in [-0.15, -0.1) is 0 Å². The first-order chi connectivity index (χ1) is 9.15. The second-order valence-corrected chi connectivity index (χ2v) is 5.34. The van der Waals surface area contributed by atoms with E-state index in [-0.39, 0.29) is 0 Å². The molecule has 0 aliphatic carbocycles. The van der Waals surface area contributed by atoms with Gasteiger partial charge in [0.25, 0.3) is 0 Å². The van der Waals surface area contributed by atoms with Crippen LogP contribution < -0.4 is 5.32 Å². The first-order valence-electron chi connectivity index (χ1n) is 7.30. The molecule has 102 valence electrons. The van der Waals surface area contributed by atoms with Crippen LogP contribution in [0.3, 0.4) is 0 Å². The standard InChI is InChI=1S/C17H24N2/c1-5-9-18-17-13(4)10-15-11-14(12(3)6-2)7-8-16(15)19-17/h7-8,10-12H,5-6,9H2,1-4H3,(H,18,19). The van der Waals surface area contributed by atoms with Crippen LogP contribution in [0.5, 0.6) is 0 Å². The van der Waals surface area contributed by atoms with Gasteiger partial charge in [0.2, 0.25) is 0 Å². The number of aromatic nitrogens is 1. The summed E-state index contributed by atoms with van der Waals surface area (Å²) in [5, 5.41) is 4.64. The number of pyridine rings is 1. The van der Waals surface area contributed by atoms with Crippen LogP contribution in [0.25, 0.3) is 10.9 Å². The van der Waals surface area contributed by atoms with Crippen molar-refractivity contribution < 1.29 is 0 Å². The lowest BCUT2D eigenvalue weighted by Gasteiger charge is -2.12. The molecule has 0 saturated heterocycles. The number of aryl methyl sites for hydroxylation is 1. The molecule has 0 spiro atoms. The fourth-order valence-electron chi connectivity index (χ4n) is 2.27. The fraction of sp³-hybridized carbons (Fsp3) is 0.471. The second-order valence-electron chi connectivity index (χ2n) is 5.34. The van der Waals surface area contributed by atoms with E-state index >= 15 is 0 Å². The zero-order valence-electron chi connectivity index (χ0n) is 12.5. The summed E-state index contributed by atoms with van der Waals surface area (Å²) in [6.07, 6.45) is 2.29. The third-order valence-corrected chi connectivity index (χ3v) is 3.75. The van der Waals surface area contributed by atoms with Gasteiger partial charge in [-0.05, 0) is 55.0 Å². The average Bonchev–Trinajstić information content (AvgIpc) is 2.43. The van der Waals surface area contributed by atoms with E-state index in [0.717, 1.165) is 24.3 Å². The highest BCUT2D eigenvalue weighted by atomic mass is 15.0. The maximum absolute atomic E-state index is 4.73. The smallest absolute Gasteiger partial charge is 0.129 e. The van der Waals surface area contributed by atoms with Crippen molar-refractivity contribution in [1.82, 2.24) is 4.98 Å². The second kappa shape index (κ2) is 6.05. The van der Waals surface area contributed by atoms with Gasteiger partial charge in [0.05, 0.1) is 5.52 Å². The van der Waals surface area contributed by atoms with Gasteiger partial charge >= 0.3 is 0 Å². The molecule has 2 rings (SSSR count). The van der Waals surface area contributed by atoms with Crippen molar-refractivity contribution >= 4 is 16.7 Å². The summed E-state index contributed by atoms with van der Waals surface area (Å²) in [5.41, 5.74) is 3.71. The Morgan fingerprint density at radius 1 is 1.21 bits per heavy atom. The minimum atomic E-state index is 0.614. The third-order valence-electron chi connectivity index (χ3n) is 3.75. The van der Waals surface area contributed by atoms with Crippen molar-refractivity contribution in [2.75, 3.05) is 11.9 Å². The average molecular weight is 256 g/mol. The van der Waals surface area contributed by atoms with E-state index < -0.39 is 0 Å². The molecule has 1 unspecified atom stereocenters. The van der Waals surface area contributed by atoms with Crippen LogP contribution in [0.2, 0.25) is 0 Å². The summed E-state index contributed by atoms with van der Waals surface area (Å²) in [6, 6.07) is 8.88. The third kappa shape index (κ3) is 3.06. The molecule has 1 N–H and O–H groups in total. The van der Waals surface area contributed by atoms with Gasteiger partial charge in [-0.25, -0.2) is 4.98 Å². The van der Waals surface area contributed by atoms with E-state index in [4.69, 9.17) is 4.98 Å². The number of rotatable bonds is 5. The SMILES string of the molecule is CCCNc1nc2ccc(C(C)CC)cc2cc1C. The van der Waals surface area contributed by atoms with Crippen molar-refractivity contribution in [3.63, 3.8) is 0 Å². The molecule has 2 aromatic rings. The Hall–Kier alpha value is -1.57. The molecule has 2 nitrogen and oxygen atoms in total. The normalized spacial score (nSPS) is 12.6. The Labute approximate surface area is 116 Å². The molecule has 1 aromatic heterocycles. The minimum absolute atomic E-state index is 0.614. The maximum atomic E-state index is 4.73. The topological polar surface area (TPSA) is 24.9 Å². The van der Waals surface area contributed by atoms with Crippen LogP contribution in [0.1, 0.15) is 50.7 Å². The van der Waals surface area contributed by atoms with Crippen LogP contribution in [0.15, 0.2) is 24.3 Å². The molecular weight excluding hydrogens is 232 g/mol. The number of anilines is 1. The van der Waals surface area contributed by atoms with Crippen molar-refractivity contribution in [2.24, 2.45) is 0 Å². The van der Waals surface area contributed by atoms with Gasteiger partial charge in [0, 0.05) is 11.9 Å². The van der Waals surface area contributed by atoms with E-state index in [9.17, 15) is 0 Å². The Bertz CT molecular complexity index is 560. The number of hydrogen-bond acceptors (Lipinski definition) is 2. The number of nitrogens with zero attached hydrogens (tertiary/aromatic N) is 1. The lowest BCUT2D eigenvalue weighted by atomic mass is 9.97. The molecule has 19 heavy (non-hydrogen) atoms. The summed E-state index contributed by atoms with van der Waals surface area (Å²) in [7, 11) is 0. The molecule has 2 heteroatoms. The molecule has 1 heterocycles. The molecule has 0 aliphatic heterocycles. The molecule has 0 saturated carbocycles. The maximum Gasteiger partial charge on any atom is 0.129 e. The van der Waals surface area contributed by atoms with E-state index in [0.29, 0.717) is 5.92 Å². The van der Waals surface area contributed by atoms with E-state index in [2.05, 4.69) is 57.3 Å². The fourth-order valence-corrected chi connectivity index (χ4v) is 2.27. The van der Waals surface area contributed by atoms with Crippen molar-refractivity contribution in [1.29, 1.82) is 0 Å². The molecule has 0 fully saturated rings. The molecule has 1 aromatic carbocycles. The van der Waals surface area contributed by atoms with Crippen LogP contribution in [-0.4, -0.2) is 11.5 Å². The number of fused-ring (bicyclic) bond motifs is 1. The minimum Gasteiger partial charge on any atom is -0.370 e. The Morgan fingerprint density at radius 3 is 2.68 bits per heavy atom. The van der Waals surface area contributed by atoms with Crippen LogP contribution in [0, 0.1) is 6.92 Å². The molecule has 1 atom stereocenters. The van der Waals surface area contributed by atoms with E-state index in [1.807, 2.05) is 0 Å². The zero-order chi connectivity index (χ0) is 13.8. The van der Waals surface area contributed by atoms with Crippen molar-refractivity contribution in [3.05, 3.63) is 35.4 Å². The Kier molecular flexibility index (Phi) is 4.41. The van der Waals surface area contributed by atoms with Gasteiger partial charge < -0.3 is 5.32 Å². The van der Waals surface area contributed by atoms with Crippen LogP contribution in [0.4, 0.5) is 5.82 Å². The Morgan fingerprint density at radius 2 is 2.00 bits per heavy atom. The number of hydrogen-bond donors (Lipinski definition) is 1. The first-order valence-corrected chi connectivity index (χ1v) is 7.30. The predicted octanol–water partition coefficient (Wildman–Crippen LogP) is 4.88. The first kappa shape index (κ1) is 13.9. The molecule has 0 radical (unpaired) electrons. The lowest BCUT2D eigenvalue weighted by Crippen LogP contribution is -2.04. The van der Waals surface area contributed by atoms with E-state index in [1.54, 1.807) is 0 Å². The number of nitrogens with one attached hydrogen (secondary N) is 1. The van der Waals surface area contributed by atoms with Gasteiger partial charge in [-0.3, -0.25) is 0 Å². The van der Waals surface area contributed by atoms with Crippen molar-refractivity contribution in [3.8, 4) is 0 Å². The largest absolute Gasteiger partial charge is 0.370 e. The molecule has 0 aliphatic rings. The quantitative estimate of drug-likeness (QED) is 0.824. The summed E-state index contributed by atoms with van der Waals surface area (Å²) >= 11 is 0. The summed E-state index contributed by atoms with van der Waals surface area (Å²) in [6.45, 7) is 9.78. The lowest BCUT2D eigenvalue weighted by molar-refractivity contribution is 0.734. The highest BCUT2D eigenvalue weighted by molar-refractivity contribution is 5.82. The van der Waals surface area contributed by atoms with Crippen LogP contribution in [-0.2, 0) is 0 Å². The van der Waals surface area contributed by atoms with Gasteiger partial charge in [-0.2, -0.15) is 0 Å². The van der Waals surface area contributed by atoms with Gasteiger partial charge in [0.15, 0.2) is 0 Å². The molecular formula is C17H24N2. The monoisotopic (exact) mass is 256 g/mol. The van der Waals surface area contributed by atoms with Gasteiger partial charge in [-0.1, -0.05) is 26.8 Å². The summed E-state index contributed by atoms with van der Waals surface area (Å²) < 4.78 is 0. The zero-order valence-corrected chi connectivity index (χ0v) is 12.5. The van der Waals surface area contributed by atoms with Crippen LogP contribution >= 0.6 is 0 Å². The highest BCUT2D eigenvalue weighted by Gasteiger charge is 2.07. The van der Waals surface area contributed by atoms with Crippen molar-refractivity contribution in [2.45, 2.75) is 46.5 Å². The Balaban J connectivity index is 2.40. The predicted molar refractivity (Wildman–Crippen MR) is 84.0 cm³/mol. The summed E-state index contributed by atoms with van der Waals surface area (Å²) in [4.78, 5) is 4.73. The van der Waals surface area contributed by atoms with E-state index in [1.165, 1.54) is 22.9 Å². The number of benzene rings is 1. The van der Waals surface area contributed by atoms with Gasteiger partial charge in [0.1, 0.15) is 5.82 Å².